The topological polar surface area (TPSA) is 67.8 Å². The second-order valence-corrected chi connectivity index (χ2v) is 6.90. The Kier molecular flexibility index (Phi) is 4.41. The van der Waals surface area contributed by atoms with Crippen LogP contribution in [0.15, 0.2) is 60.8 Å². The summed E-state index contributed by atoms with van der Waals surface area (Å²) in [6, 6.07) is 17.5. The molecule has 0 unspecified atom stereocenters. The summed E-state index contributed by atoms with van der Waals surface area (Å²) in [6.45, 7) is 2.38. The van der Waals surface area contributed by atoms with Crippen LogP contribution in [0.5, 0.6) is 0 Å². The van der Waals surface area contributed by atoms with E-state index in [1.807, 2.05) is 61.5 Å². The molecule has 0 spiro atoms. The molecule has 0 aliphatic rings. The van der Waals surface area contributed by atoms with Gasteiger partial charge in [0.2, 0.25) is 0 Å². The van der Waals surface area contributed by atoms with Crippen LogP contribution in [-0.2, 0) is 6.54 Å². The van der Waals surface area contributed by atoms with Crippen LogP contribution in [0.4, 0.5) is 0 Å². The Morgan fingerprint density at radius 3 is 2.54 bits per heavy atom. The van der Waals surface area contributed by atoms with E-state index in [0.29, 0.717) is 17.8 Å². The van der Waals surface area contributed by atoms with E-state index in [2.05, 4.69) is 20.3 Å². The first-order chi connectivity index (χ1) is 12.7. The molecule has 2 heterocycles. The fourth-order valence-corrected chi connectivity index (χ4v) is 3.62. The number of para-hydroxylation sites is 2. The molecule has 26 heavy (non-hydrogen) atoms. The average Bonchev–Trinajstić information content (AvgIpc) is 3.07. The molecule has 0 aliphatic heterocycles. The molecule has 0 radical (unpaired) electrons. The molecule has 128 valence electrons. The van der Waals surface area contributed by atoms with Crippen LogP contribution in [0, 0.1) is 6.92 Å². The summed E-state index contributed by atoms with van der Waals surface area (Å²) < 4.78 is 0. The van der Waals surface area contributed by atoms with Gasteiger partial charge in [0.25, 0.3) is 5.91 Å². The number of carbonyl (C=O) groups excluding carboxylic acids is 1. The van der Waals surface area contributed by atoms with Gasteiger partial charge >= 0.3 is 0 Å². The number of hydrogen-bond acceptors (Lipinski definition) is 5. The van der Waals surface area contributed by atoms with Crippen LogP contribution in [-0.4, -0.2) is 20.9 Å². The standard InChI is InChI=1S/C20H16N4OS/c1-13-18(26-20(23-13)14-7-3-2-4-8-14)12-22-19(25)17-11-21-15-9-5-6-10-16(15)24-17/h2-11H,12H2,1H3,(H,22,25). The van der Waals surface area contributed by atoms with Gasteiger partial charge in [0.15, 0.2) is 0 Å². The Labute approximate surface area is 154 Å². The number of benzene rings is 2. The summed E-state index contributed by atoms with van der Waals surface area (Å²) in [5.41, 5.74) is 3.81. The molecular weight excluding hydrogens is 344 g/mol. The number of fused-ring (bicyclic) bond motifs is 1. The third-order valence-electron chi connectivity index (χ3n) is 4.00. The summed E-state index contributed by atoms with van der Waals surface area (Å²) in [7, 11) is 0. The van der Waals surface area contributed by atoms with E-state index in [-0.39, 0.29) is 5.91 Å². The maximum absolute atomic E-state index is 12.4. The Morgan fingerprint density at radius 1 is 1.00 bits per heavy atom. The van der Waals surface area contributed by atoms with E-state index < -0.39 is 0 Å². The van der Waals surface area contributed by atoms with Crippen LogP contribution >= 0.6 is 11.3 Å². The molecule has 1 amide bonds. The molecule has 6 heteroatoms. The van der Waals surface area contributed by atoms with Crippen LogP contribution < -0.4 is 5.32 Å². The van der Waals surface area contributed by atoms with Crippen LogP contribution in [0.1, 0.15) is 21.1 Å². The fraction of sp³-hybridized carbons (Fsp3) is 0.100. The number of nitrogens with one attached hydrogen (secondary N) is 1. The average molecular weight is 360 g/mol. The lowest BCUT2D eigenvalue weighted by Gasteiger charge is -2.04. The zero-order chi connectivity index (χ0) is 17.9. The van der Waals surface area contributed by atoms with E-state index in [9.17, 15) is 4.79 Å². The number of nitrogens with zero attached hydrogens (tertiary/aromatic N) is 3. The van der Waals surface area contributed by atoms with Crippen molar-refractivity contribution in [2.45, 2.75) is 13.5 Å². The minimum absolute atomic E-state index is 0.239. The van der Waals surface area contributed by atoms with E-state index in [0.717, 1.165) is 26.7 Å². The van der Waals surface area contributed by atoms with Gasteiger partial charge in [-0.1, -0.05) is 42.5 Å². The second-order valence-electron chi connectivity index (χ2n) is 5.82. The molecule has 5 nitrogen and oxygen atoms in total. The van der Waals surface area contributed by atoms with Gasteiger partial charge in [-0.15, -0.1) is 11.3 Å². The van der Waals surface area contributed by atoms with Crippen molar-refractivity contribution in [3.63, 3.8) is 0 Å². The highest BCUT2D eigenvalue weighted by Gasteiger charge is 2.13. The molecule has 0 atom stereocenters. The van der Waals surface area contributed by atoms with Crippen molar-refractivity contribution >= 4 is 28.3 Å². The Morgan fingerprint density at radius 2 is 1.73 bits per heavy atom. The molecule has 0 fully saturated rings. The lowest BCUT2D eigenvalue weighted by Crippen LogP contribution is -2.23. The SMILES string of the molecule is Cc1nc(-c2ccccc2)sc1CNC(=O)c1cnc2ccccc2n1. The van der Waals surface area contributed by atoms with E-state index in [4.69, 9.17) is 0 Å². The van der Waals surface area contributed by atoms with Gasteiger partial charge in [-0.3, -0.25) is 9.78 Å². The number of aryl methyl sites for hydroxylation is 1. The number of thiazole rings is 1. The first kappa shape index (κ1) is 16.4. The second kappa shape index (κ2) is 7.01. The molecule has 0 bridgehead atoms. The van der Waals surface area contributed by atoms with Gasteiger partial charge in [-0.2, -0.15) is 0 Å². The summed E-state index contributed by atoms with van der Waals surface area (Å²) in [5.74, 6) is -0.239. The molecule has 4 rings (SSSR count). The van der Waals surface area contributed by atoms with Gasteiger partial charge in [0, 0.05) is 10.4 Å². The largest absolute Gasteiger partial charge is 0.346 e. The maximum Gasteiger partial charge on any atom is 0.271 e. The number of carbonyl (C=O) groups is 1. The highest BCUT2D eigenvalue weighted by Crippen LogP contribution is 2.27. The number of rotatable bonds is 4. The lowest BCUT2D eigenvalue weighted by molar-refractivity contribution is 0.0946. The molecular formula is C20H16N4OS. The first-order valence-corrected chi connectivity index (χ1v) is 9.04. The van der Waals surface area contributed by atoms with Gasteiger partial charge in [0.1, 0.15) is 10.7 Å². The van der Waals surface area contributed by atoms with Crippen LogP contribution in [0.2, 0.25) is 0 Å². The zero-order valence-electron chi connectivity index (χ0n) is 14.1. The molecule has 4 aromatic rings. The van der Waals surface area contributed by atoms with Crippen molar-refractivity contribution in [2.24, 2.45) is 0 Å². The van der Waals surface area contributed by atoms with Gasteiger partial charge in [0.05, 0.1) is 29.5 Å². The Bertz CT molecular complexity index is 1080. The van der Waals surface area contributed by atoms with Crippen molar-refractivity contribution in [1.82, 2.24) is 20.3 Å². The van der Waals surface area contributed by atoms with Crippen molar-refractivity contribution in [3.8, 4) is 10.6 Å². The molecule has 0 aliphatic carbocycles. The van der Waals surface area contributed by atoms with E-state index in [1.54, 1.807) is 11.3 Å². The van der Waals surface area contributed by atoms with Crippen LogP contribution in [0.25, 0.3) is 21.6 Å². The summed E-state index contributed by atoms with van der Waals surface area (Å²) in [5, 5.41) is 3.87. The minimum Gasteiger partial charge on any atom is -0.346 e. The third kappa shape index (κ3) is 3.32. The first-order valence-electron chi connectivity index (χ1n) is 8.22. The van der Waals surface area contributed by atoms with E-state index in [1.165, 1.54) is 6.20 Å². The quantitative estimate of drug-likeness (QED) is 0.597. The highest BCUT2D eigenvalue weighted by atomic mass is 32.1. The zero-order valence-corrected chi connectivity index (χ0v) is 15.0. The third-order valence-corrected chi connectivity index (χ3v) is 5.21. The van der Waals surface area contributed by atoms with Crippen molar-refractivity contribution < 1.29 is 4.79 Å². The molecule has 1 N–H and O–H groups in total. The Hall–Kier alpha value is -3.12. The molecule has 0 saturated heterocycles. The predicted octanol–water partition coefficient (Wildman–Crippen LogP) is 3.99. The fourth-order valence-electron chi connectivity index (χ4n) is 2.61. The summed E-state index contributed by atoms with van der Waals surface area (Å²) in [6.07, 6.45) is 1.51. The number of aromatic nitrogens is 3. The van der Waals surface area contributed by atoms with E-state index >= 15 is 0 Å². The minimum atomic E-state index is -0.239. The lowest BCUT2D eigenvalue weighted by atomic mass is 10.2. The van der Waals surface area contributed by atoms with Crippen molar-refractivity contribution in [2.75, 3.05) is 0 Å². The maximum atomic E-state index is 12.4. The molecule has 0 saturated carbocycles. The van der Waals surface area contributed by atoms with Crippen molar-refractivity contribution in [1.29, 1.82) is 0 Å². The summed E-state index contributed by atoms with van der Waals surface area (Å²) >= 11 is 1.59. The number of hydrogen-bond donors (Lipinski definition) is 1. The molecule has 2 aromatic carbocycles. The van der Waals surface area contributed by atoms with Gasteiger partial charge < -0.3 is 5.32 Å². The number of amides is 1. The monoisotopic (exact) mass is 360 g/mol. The summed E-state index contributed by atoms with van der Waals surface area (Å²) in [4.78, 5) is 26.7. The predicted molar refractivity (Wildman–Crippen MR) is 103 cm³/mol. The highest BCUT2D eigenvalue weighted by molar-refractivity contribution is 7.15. The molecule has 2 aromatic heterocycles. The Balaban J connectivity index is 1.49. The van der Waals surface area contributed by atoms with Gasteiger partial charge in [-0.25, -0.2) is 9.97 Å². The smallest absolute Gasteiger partial charge is 0.271 e. The van der Waals surface area contributed by atoms with Crippen molar-refractivity contribution in [3.05, 3.63) is 77.1 Å². The van der Waals surface area contributed by atoms with Crippen LogP contribution in [0.3, 0.4) is 0 Å². The normalized spacial score (nSPS) is 10.8. The van der Waals surface area contributed by atoms with Gasteiger partial charge in [-0.05, 0) is 19.1 Å².